The summed E-state index contributed by atoms with van der Waals surface area (Å²) >= 11 is 0. The molecule has 1 aromatic rings. The third-order valence-corrected chi connectivity index (χ3v) is 4.66. The van der Waals surface area contributed by atoms with Gasteiger partial charge < -0.3 is 20.3 Å². The predicted molar refractivity (Wildman–Crippen MR) is 98.9 cm³/mol. The van der Waals surface area contributed by atoms with Crippen LogP contribution in [0.1, 0.15) is 33.6 Å². The summed E-state index contributed by atoms with van der Waals surface area (Å²) in [7, 11) is 0. The number of rotatable bonds is 6. The quantitative estimate of drug-likeness (QED) is 0.654. The van der Waals surface area contributed by atoms with Crippen molar-refractivity contribution in [2.24, 2.45) is 5.92 Å². The fourth-order valence-electron chi connectivity index (χ4n) is 3.23. The van der Waals surface area contributed by atoms with Gasteiger partial charge in [0.05, 0.1) is 19.7 Å². The number of quaternary nitrogens is 1. The van der Waals surface area contributed by atoms with Gasteiger partial charge in [-0.2, -0.15) is 0 Å². The highest BCUT2D eigenvalue weighted by atomic mass is 16.5. The van der Waals surface area contributed by atoms with Crippen LogP contribution in [0.25, 0.3) is 0 Å². The molecule has 2 rings (SSSR count). The first kappa shape index (κ1) is 19.9. The lowest BCUT2D eigenvalue weighted by molar-refractivity contribution is -0.921. The summed E-state index contributed by atoms with van der Waals surface area (Å²) in [5.41, 5.74) is 1.36. The number of benzene rings is 1. The SMILES string of the molecule is CCOC(=O)[C@H]1CCC[NH+]([C@@H](C)C(=O)Nc2ccc(NC(C)=O)cc2)C1. The van der Waals surface area contributed by atoms with Crippen molar-refractivity contribution in [1.29, 1.82) is 0 Å². The van der Waals surface area contributed by atoms with E-state index in [1.165, 1.54) is 6.92 Å². The highest BCUT2D eigenvalue weighted by Gasteiger charge is 2.34. The summed E-state index contributed by atoms with van der Waals surface area (Å²) < 4.78 is 5.12. The molecule has 1 aliphatic rings. The van der Waals surface area contributed by atoms with Crippen LogP contribution in [0.15, 0.2) is 24.3 Å². The Morgan fingerprint density at radius 2 is 1.81 bits per heavy atom. The van der Waals surface area contributed by atoms with Crippen LogP contribution in [0, 0.1) is 5.92 Å². The second-order valence-corrected chi connectivity index (χ2v) is 6.67. The molecule has 7 nitrogen and oxygen atoms in total. The van der Waals surface area contributed by atoms with Gasteiger partial charge in [0.25, 0.3) is 5.91 Å². The van der Waals surface area contributed by atoms with Crippen molar-refractivity contribution >= 4 is 29.2 Å². The molecule has 1 unspecified atom stereocenters. The molecular formula is C19H28N3O4+. The normalized spacial score (nSPS) is 20.7. The molecule has 26 heavy (non-hydrogen) atoms. The minimum atomic E-state index is -0.262. The van der Waals surface area contributed by atoms with Gasteiger partial charge in [-0.1, -0.05) is 0 Å². The van der Waals surface area contributed by atoms with E-state index in [4.69, 9.17) is 4.74 Å². The number of ether oxygens (including phenoxy) is 1. The van der Waals surface area contributed by atoms with Gasteiger partial charge in [-0.15, -0.1) is 0 Å². The van der Waals surface area contributed by atoms with E-state index in [0.29, 0.717) is 24.5 Å². The van der Waals surface area contributed by atoms with Gasteiger partial charge in [-0.25, -0.2) is 0 Å². The van der Waals surface area contributed by atoms with Gasteiger partial charge in [-0.3, -0.25) is 14.4 Å². The number of piperidine rings is 1. The zero-order valence-corrected chi connectivity index (χ0v) is 15.6. The van der Waals surface area contributed by atoms with Gasteiger partial charge in [0.15, 0.2) is 6.04 Å². The van der Waals surface area contributed by atoms with E-state index >= 15 is 0 Å². The molecule has 0 aliphatic carbocycles. The van der Waals surface area contributed by atoms with Crippen LogP contribution in [0.5, 0.6) is 0 Å². The Kier molecular flexibility index (Phi) is 7.15. The maximum atomic E-state index is 12.6. The minimum Gasteiger partial charge on any atom is -0.466 e. The first-order valence-corrected chi connectivity index (χ1v) is 9.10. The Morgan fingerprint density at radius 1 is 1.19 bits per heavy atom. The van der Waals surface area contributed by atoms with Gasteiger partial charge >= 0.3 is 5.97 Å². The molecule has 1 saturated heterocycles. The standard InChI is InChI=1S/C19H27N3O4/c1-4-26-19(25)15-6-5-11-22(12-15)13(2)18(24)21-17-9-7-16(8-10-17)20-14(3)23/h7-10,13,15H,4-6,11-12H2,1-3H3,(H,20,23)(H,21,24)/p+1/t13-,15-/m0/s1. The molecule has 1 heterocycles. The van der Waals surface area contributed by atoms with Gasteiger partial charge in [0.2, 0.25) is 5.91 Å². The molecule has 7 heteroatoms. The molecule has 0 radical (unpaired) electrons. The fraction of sp³-hybridized carbons (Fsp3) is 0.526. The molecular weight excluding hydrogens is 334 g/mol. The summed E-state index contributed by atoms with van der Waals surface area (Å²) in [5.74, 6) is -0.520. The van der Waals surface area contributed by atoms with Gasteiger partial charge in [0, 0.05) is 18.3 Å². The Bertz CT molecular complexity index is 645. The number of likely N-dealkylation sites (tertiary alicyclic amines) is 1. The summed E-state index contributed by atoms with van der Waals surface area (Å²) in [6.45, 7) is 7.00. The molecule has 3 atom stereocenters. The number of hydrogen-bond acceptors (Lipinski definition) is 4. The molecule has 0 aromatic heterocycles. The summed E-state index contributed by atoms with van der Waals surface area (Å²) in [4.78, 5) is 36.7. The average Bonchev–Trinajstić information content (AvgIpc) is 2.62. The molecule has 1 aromatic carbocycles. The van der Waals surface area contributed by atoms with E-state index in [0.717, 1.165) is 24.3 Å². The van der Waals surface area contributed by atoms with Crippen LogP contribution in [-0.4, -0.2) is 43.5 Å². The molecule has 0 saturated carbocycles. The number of carbonyl (C=O) groups is 3. The van der Waals surface area contributed by atoms with E-state index in [1.54, 1.807) is 31.2 Å². The molecule has 0 bridgehead atoms. The topological polar surface area (TPSA) is 88.9 Å². The van der Waals surface area contributed by atoms with Gasteiger partial charge in [0.1, 0.15) is 5.92 Å². The molecule has 3 N–H and O–H groups in total. The first-order chi connectivity index (χ1) is 12.4. The molecule has 0 spiro atoms. The average molecular weight is 362 g/mol. The predicted octanol–water partition coefficient (Wildman–Crippen LogP) is 0.830. The Balaban J connectivity index is 1.92. The van der Waals surface area contributed by atoms with Crippen LogP contribution in [0.2, 0.25) is 0 Å². The van der Waals surface area contributed by atoms with E-state index in [1.807, 2.05) is 6.92 Å². The number of esters is 1. The smallest absolute Gasteiger partial charge is 0.314 e. The van der Waals surface area contributed by atoms with E-state index in [2.05, 4.69) is 10.6 Å². The number of anilines is 2. The third-order valence-electron chi connectivity index (χ3n) is 4.66. The van der Waals surface area contributed by atoms with E-state index in [9.17, 15) is 14.4 Å². The van der Waals surface area contributed by atoms with E-state index in [-0.39, 0.29) is 29.7 Å². The largest absolute Gasteiger partial charge is 0.466 e. The second-order valence-electron chi connectivity index (χ2n) is 6.67. The summed E-state index contributed by atoms with van der Waals surface area (Å²) in [6.07, 6.45) is 1.73. The van der Waals surface area contributed by atoms with Crippen molar-refractivity contribution in [2.45, 2.75) is 39.7 Å². The first-order valence-electron chi connectivity index (χ1n) is 9.10. The lowest BCUT2D eigenvalue weighted by Gasteiger charge is -2.32. The second kappa shape index (κ2) is 9.33. The number of carbonyl (C=O) groups excluding carboxylic acids is 3. The third kappa shape index (κ3) is 5.56. The molecule has 142 valence electrons. The lowest BCUT2D eigenvalue weighted by atomic mass is 9.97. The highest BCUT2D eigenvalue weighted by Crippen LogP contribution is 2.14. The number of amides is 2. The van der Waals surface area contributed by atoms with Crippen molar-refractivity contribution in [3.63, 3.8) is 0 Å². The molecule has 2 amide bonds. The van der Waals surface area contributed by atoms with Crippen molar-refractivity contribution in [2.75, 3.05) is 30.3 Å². The van der Waals surface area contributed by atoms with Crippen molar-refractivity contribution < 1.29 is 24.0 Å². The number of nitrogens with one attached hydrogen (secondary N) is 3. The van der Waals surface area contributed by atoms with Crippen LogP contribution in [0.4, 0.5) is 11.4 Å². The van der Waals surface area contributed by atoms with Crippen LogP contribution >= 0.6 is 0 Å². The summed E-state index contributed by atoms with van der Waals surface area (Å²) in [6, 6.07) is 6.73. The lowest BCUT2D eigenvalue weighted by Crippen LogP contribution is -3.18. The molecule has 1 aliphatic heterocycles. The maximum Gasteiger partial charge on any atom is 0.314 e. The Labute approximate surface area is 154 Å². The Hall–Kier alpha value is -2.41. The zero-order valence-electron chi connectivity index (χ0n) is 15.6. The molecule has 1 fully saturated rings. The fourth-order valence-corrected chi connectivity index (χ4v) is 3.23. The Morgan fingerprint density at radius 3 is 2.38 bits per heavy atom. The van der Waals surface area contributed by atoms with Crippen LogP contribution in [-0.2, 0) is 19.1 Å². The van der Waals surface area contributed by atoms with Crippen molar-refractivity contribution in [3.8, 4) is 0 Å². The van der Waals surface area contributed by atoms with Crippen LogP contribution in [0.3, 0.4) is 0 Å². The van der Waals surface area contributed by atoms with Crippen molar-refractivity contribution in [3.05, 3.63) is 24.3 Å². The van der Waals surface area contributed by atoms with E-state index < -0.39 is 0 Å². The number of hydrogen-bond donors (Lipinski definition) is 3. The van der Waals surface area contributed by atoms with Gasteiger partial charge in [-0.05, 0) is 51.0 Å². The summed E-state index contributed by atoms with van der Waals surface area (Å²) in [5, 5.41) is 5.59. The van der Waals surface area contributed by atoms with Crippen molar-refractivity contribution in [1.82, 2.24) is 0 Å². The monoisotopic (exact) mass is 362 g/mol. The maximum absolute atomic E-state index is 12.6. The highest BCUT2D eigenvalue weighted by molar-refractivity contribution is 5.94. The van der Waals surface area contributed by atoms with Crippen LogP contribution < -0.4 is 15.5 Å². The minimum absolute atomic E-state index is 0.0863. The zero-order chi connectivity index (χ0) is 19.1.